The molecule has 0 saturated heterocycles. The molecule has 1 unspecified atom stereocenters. The van der Waals surface area contributed by atoms with Crippen LogP contribution in [0, 0.1) is 5.41 Å². The molecule has 2 nitrogen and oxygen atoms in total. The summed E-state index contributed by atoms with van der Waals surface area (Å²) in [5, 5.41) is 9.60. The Morgan fingerprint density at radius 1 is 1.44 bits per heavy atom. The average Bonchev–Trinajstić information content (AvgIpc) is 2.88. The molecule has 2 rings (SSSR count). The van der Waals surface area contributed by atoms with Crippen LogP contribution in [0.3, 0.4) is 0 Å². The SMILES string of the molecule is CC(C)(C)CC1CN=C(NCCc2ccsc2)S1. The fourth-order valence-corrected chi connectivity index (χ4v) is 4.14. The minimum absolute atomic E-state index is 0.402. The maximum Gasteiger partial charge on any atom is 0.156 e. The number of thioether (sulfide) groups is 1. The molecule has 2 heterocycles. The molecule has 0 saturated carbocycles. The molecule has 100 valence electrons. The van der Waals surface area contributed by atoms with Gasteiger partial charge in [-0.3, -0.25) is 4.99 Å². The quantitative estimate of drug-likeness (QED) is 0.908. The second-order valence-corrected chi connectivity index (χ2v) is 8.03. The highest BCUT2D eigenvalue weighted by Crippen LogP contribution is 2.31. The first-order valence-corrected chi connectivity index (χ1v) is 8.31. The third kappa shape index (κ3) is 4.65. The van der Waals surface area contributed by atoms with Gasteiger partial charge in [0.25, 0.3) is 0 Å². The highest BCUT2D eigenvalue weighted by Gasteiger charge is 2.24. The lowest BCUT2D eigenvalue weighted by Crippen LogP contribution is -2.23. The van der Waals surface area contributed by atoms with Crippen LogP contribution in [0.5, 0.6) is 0 Å². The van der Waals surface area contributed by atoms with E-state index < -0.39 is 0 Å². The van der Waals surface area contributed by atoms with Crippen LogP contribution in [-0.4, -0.2) is 23.5 Å². The normalized spacial score (nSPS) is 19.9. The zero-order valence-corrected chi connectivity index (χ0v) is 13.0. The van der Waals surface area contributed by atoms with E-state index in [1.165, 1.54) is 12.0 Å². The standard InChI is InChI=1S/C14H22N2S2/c1-14(2,3)8-12-9-16-13(18-12)15-6-4-11-5-7-17-10-11/h5,7,10,12H,4,6,8-9H2,1-3H3,(H,15,16). The zero-order valence-electron chi connectivity index (χ0n) is 11.4. The van der Waals surface area contributed by atoms with Crippen LogP contribution in [0.25, 0.3) is 0 Å². The van der Waals surface area contributed by atoms with Crippen molar-refractivity contribution in [1.82, 2.24) is 5.32 Å². The highest BCUT2D eigenvalue weighted by molar-refractivity contribution is 8.14. The van der Waals surface area contributed by atoms with Gasteiger partial charge in [-0.15, -0.1) is 0 Å². The summed E-state index contributed by atoms with van der Waals surface area (Å²) >= 11 is 3.68. The van der Waals surface area contributed by atoms with Crippen molar-refractivity contribution in [3.63, 3.8) is 0 Å². The van der Waals surface area contributed by atoms with Crippen LogP contribution in [0.2, 0.25) is 0 Å². The number of aliphatic imine (C=N–C) groups is 1. The zero-order chi connectivity index (χ0) is 13.0. The summed E-state index contributed by atoms with van der Waals surface area (Å²) in [5.74, 6) is 0. The summed E-state index contributed by atoms with van der Waals surface area (Å²) in [7, 11) is 0. The number of rotatable bonds is 4. The van der Waals surface area contributed by atoms with Gasteiger partial charge in [0.15, 0.2) is 5.17 Å². The van der Waals surface area contributed by atoms with Crippen molar-refractivity contribution in [3.8, 4) is 0 Å². The van der Waals surface area contributed by atoms with Gasteiger partial charge >= 0.3 is 0 Å². The van der Waals surface area contributed by atoms with E-state index in [9.17, 15) is 0 Å². The van der Waals surface area contributed by atoms with E-state index in [1.807, 2.05) is 11.8 Å². The lowest BCUT2D eigenvalue weighted by molar-refractivity contribution is 0.375. The summed E-state index contributed by atoms with van der Waals surface area (Å²) in [5.41, 5.74) is 1.82. The van der Waals surface area contributed by atoms with Crippen molar-refractivity contribution < 1.29 is 0 Å². The first-order chi connectivity index (χ1) is 8.53. The number of hydrogen-bond donors (Lipinski definition) is 1. The summed E-state index contributed by atoms with van der Waals surface area (Å²) in [6, 6.07) is 2.19. The molecule has 0 fully saturated rings. The molecule has 0 bridgehead atoms. The van der Waals surface area contributed by atoms with E-state index in [1.54, 1.807) is 11.3 Å². The van der Waals surface area contributed by atoms with Gasteiger partial charge in [-0.05, 0) is 40.6 Å². The lowest BCUT2D eigenvalue weighted by Gasteiger charge is -2.21. The molecule has 0 amide bonds. The second-order valence-electron chi connectivity index (χ2n) is 5.96. The van der Waals surface area contributed by atoms with Crippen molar-refractivity contribution in [2.75, 3.05) is 13.1 Å². The minimum atomic E-state index is 0.402. The largest absolute Gasteiger partial charge is 0.365 e. The molecule has 1 aromatic rings. The Morgan fingerprint density at radius 2 is 2.28 bits per heavy atom. The average molecular weight is 282 g/mol. The number of nitrogens with zero attached hydrogens (tertiary/aromatic N) is 1. The Bertz CT molecular complexity index is 390. The highest BCUT2D eigenvalue weighted by atomic mass is 32.2. The van der Waals surface area contributed by atoms with Crippen LogP contribution in [0.15, 0.2) is 21.8 Å². The summed E-state index contributed by atoms with van der Waals surface area (Å²) in [4.78, 5) is 4.59. The second kappa shape index (κ2) is 6.11. The maximum absolute atomic E-state index is 4.59. The predicted molar refractivity (Wildman–Crippen MR) is 83.8 cm³/mol. The van der Waals surface area contributed by atoms with Gasteiger partial charge in [0.1, 0.15) is 0 Å². The number of amidine groups is 1. The molecule has 1 N–H and O–H groups in total. The molecule has 1 atom stereocenters. The summed E-state index contributed by atoms with van der Waals surface area (Å²) in [6.45, 7) is 8.87. The maximum atomic E-state index is 4.59. The number of hydrogen-bond acceptors (Lipinski definition) is 4. The van der Waals surface area contributed by atoms with Crippen molar-refractivity contribution in [1.29, 1.82) is 0 Å². The topological polar surface area (TPSA) is 24.4 Å². The Hall–Kier alpha value is -0.480. The Morgan fingerprint density at radius 3 is 2.94 bits per heavy atom. The molecular weight excluding hydrogens is 260 g/mol. The Balaban J connectivity index is 1.66. The smallest absolute Gasteiger partial charge is 0.156 e. The first kappa shape index (κ1) is 13.9. The van der Waals surface area contributed by atoms with Crippen LogP contribution >= 0.6 is 23.1 Å². The summed E-state index contributed by atoms with van der Waals surface area (Å²) in [6.07, 6.45) is 2.32. The van der Waals surface area contributed by atoms with Gasteiger partial charge in [-0.2, -0.15) is 11.3 Å². The third-order valence-electron chi connectivity index (χ3n) is 2.83. The van der Waals surface area contributed by atoms with Gasteiger partial charge in [-0.25, -0.2) is 0 Å². The predicted octanol–water partition coefficient (Wildman–Crippen LogP) is 3.79. The van der Waals surface area contributed by atoms with Gasteiger partial charge in [0.05, 0.1) is 6.54 Å². The minimum Gasteiger partial charge on any atom is -0.365 e. The van der Waals surface area contributed by atoms with Crippen molar-refractivity contribution in [3.05, 3.63) is 22.4 Å². The van der Waals surface area contributed by atoms with E-state index in [0.29, 0.717) is 10.7 Å². The van der Waals surface area contributed by atoms with Crippen LogP contribution in [0.1, 0.15) is 32.8 Å². The van der Waals surface area contributed by atoms with Gasteiger partial charge in [-0.1, -0.05) is 32.5 Å². The van der Waals surface area contributed by atoms with E-state index in [2.05, 4.69) is 47.9 Å². The lowest BCUT2D eigenvalue weighted by atomic mass is 9.90. The molecule has 1 aliphatic heterocycles. The van der Waals surface area contributed by atoms with Crippen LogP contribution in [0.4, 0.5) is 0 Å². The monoisotopic (exact) mass is 282 g/mol. The van der Waals surface area contributed by atoms with E-state index >= 15 is 0 Å². The van der Waals surface area contributed by atoms with Gasteiger partial charge in [0, 0.05) is 11.8 Å². The van der Waals surface area contributed by atoms with Gasteiger partial charge < -0.3 is 5.32 Å². The Labute approximate surface area is 118 Å². The van der Waals surface area contributed by atoms with E-state index in [0.717, 1.165) is 24.7 Å². The molecular formula is C14H22N2S2. The third-order valence-corrected chi connectivity index (χ3v) is 4.70. The van der Waals surface area contributed by atoms with Crippen LogP contribution < -0.4 is 5.32 Å². The van der Waals surface area contributed by atoms with E-state index in [4.69, 9.17) is 0 Å². The van der Waals surface area contributed by atoms with E-state index in [-0.39, 0.29) is 0 Å². The first-order valence-electron chi connectivity index (χ1n) is 6.49. The fourth-order valence-electron chi connectivity index (χ4n) is 2.05. The van der Waals surface area contributed by atoms with Crippen LogP contribution in [-0.2, 0) is 6.42 Å². The molecule has 0 radical (unpaired) electrons. The fraction of sp³-hybridized carbons (Fsp3) is 0.643. The molecule has 18 heavy (non-hydrogen) atoms. The van der Waals surface area contributed by atoms with Crippen molar-refractivity contribution in [2.45, 2.75) is 38.9 Å². The molecule has 4 heteroatoms. The molecule has 0 aliphatic carbocycles. The summed E-state index contributed by atoms with van der Waals surface area (Å²) < 4.78 is 0. The Kier molecular flexibility index (Phi) is 4.73. The molecule has 1 aliphatic rings. The number of nitrogens with one attached hydrogen (secondary N) is 1. The molecule has 0 spiro atoms. The molecule has 1 aromatic heterocycles. The van der Waals surface area contributed by atoms with Crippen molar-refractivity contribution in [2.24, 2.45) is 10.4 Å². The molecule has 0 aromatic carbocycles. The number of thiophene rings is 1. The van der Waals surface area contributed by atoms with Gasteiger partial charge in [0.2, 0.25) is 0 Å². The van der Waals surface area contributed by atoms with Crippen molar-refractivity contribution >= 4 is 28.3 Å².